The molecule has 18 heavy (non-hydrogen) atoms. The van der Waals surface area contributed by atoms with Gasteiger partial charge in [-0.25, -0.2) is 9.78 Å². The summed E-state index contributed by atoms with van der Waals surface area (Å²) in [7, 11) is 0. The molecule has 1 heterocycles. The SMILES string of the molecule is CCCCC(CC)CNC(=O)Nc1ncc(C)s1. The number of hydrogen-bond donors (Lipinski definition) is 2. The minimum Gasteiger partial charge on any atom is -0.338 e. The van der Waals surface area contributed by atoms with Gasteiger partial charge in [0.2, 0.25) is 0 Å². The topological polar surface area (TPSA) is 54.0 Å². The second kappa shape index (κ2) is 8.08. The average Bonchev–Trinajstić information content (AvgIpc) is 2.75. The molecule has 4 nitrogen and oxygen atoms in total. The van der Waals surface area contributed by atoms with Gasteiger partial charge in [-0.15, -0.1) is 11.3 Å². The van der Waals surface area contributed by atoms with E-state index in [2.05, 4.69) is 29.5 Å². The number of urea groups is 1. The summed E-state index contributed by atoms with van der Waals surface area (Å²) < 4.78 is 0. The first-order valence-corrected chi connectivity index (χ1v) is 7.44. The molecule has 1 aromatic heterocycles. The molecule has 1 rings (SSSR count). The van der Waals surface area contributed by atoms with Crippen molar-refractivity contribution in [3.05, 3.63) is 11.1 Å². The van der Waals surface area contributed by atoms with Crippen LogP contribution in [0.1, 0.15) is 44.4 Å². The number of hydrogen-bond acceptors (Lipinski definition) is 3. The highest BCUT2D eigenvalue weighted by Gasteiger charge is 2.09. The maximum absolute atomic E-state index is 11.7. The normalized spacial score (nSPS) is 12.2. The van der Waals surface area contributed by atoms with Crippen LogP contribution in [0.25, 0.3) is 0 Å². The van der Waals surface area contributed by atoms with Crippen LogP contribution in [0.5, 0.6) is 0 Å². The Hall–Kier alpha value is -1.10. The number of thiazole rings is 1. The molecule has 2 amide bonds. The van der Waals surface area contributed by atoms with E-state index in [0.717, 1.165) is 17.8 Å². The molecule has 0 radical (unpaired) electrons. The molecule has 0 bridgehead atoms. The molecule has 0 saturated carbocycles. The van der Waals surface area contributed by atoms with Crippen LogP contribution in [-0.4, -0.2) is 17.6 Å². The quantitative estimate of drug-likeness (QED) is 0.791. The van der Waals surface area contributed by atoms with E-state index in [1.165, 1.54) is 30.6 Å². The van der Waals surface area contributed by atoms with Crippen LogP contribution in [0.15, 0.2) is 6.20 Å². The van der Waals surface area contributed by atoms with Crippen molar-refractivity contribution in [2.24, 2.45) is 5.92 Å². The number of carbonyl (C=O) groups excluding carboxylic acids is 1. The summed E-state index contributed by atoms with van der Waals surface area (Å²) in [6.07, 6.45) is 6.49. The minimum atomic E-state index is -0.153. The molecule has 2 N–H and O–H groups in total. The van der Waals surface area contributed by atoms with E-state index >= 15 is 0 Å². The third-order valence-electron chi connectivity index (χ3n) is 2.94. The molecule has 0 aliphatic carbocycles. The van der Waals surface area contributed by atoms with Gasteiger partial charge in [0.25, 0.3) is 0 Å². The number of amides is 2. The molecule has 1 aromatic rings. The zero-order chi connectivity index (χ0) is 13.4. The highest BCUT2D eigenvalue weighted by atomic mass is 32.1. The number of rotatable bonds is 7. The summed E-state index contributed by atoms with van der Waals surface area (Å²) in [5.41, 5.74) is 0. The Morgan fingerprint density at radius 2 is 2.28 bits per heavy atom. The molecule has 0 fully saturated rings. The Balaban J connectivity index is 2.27. The fraction of sp³-hybridized carbons (Fsp3) is 0.692. The van der Waals surface area contributed by atoms with Gasteiger partial charge < -0.3 is 5.32 Å². The predicted molar refractivity (Wildman–Crippen MR) is 77.2 cm³/mol. The Labute approximate surface area is 113 Å². The van der Waals surface area contributed by atoms with E-state index in [1.54, 1.807) is 6.20 Å². The molecule has 102 valence electrons. The van der Waals surface area contributed by atoms with E-state index in [9.17, 15) is 4.79 Å². The molecule has 1 unspecified atom stereocenters. The van der Waals surface area contributed by atoms with E-state index in [0.29, 0.717) is 11.0 Å². The number of nitrogens with one attached hydrogen (secondary N) is 2. The smallest absolute Gasteiger partial charge is 0.321 e. The van der Waals surface area contributed by atoms with Crippen LogP contribution in [0.4, 0.5) is 9.93 Å². The second-order valence-corrected chi connectivity index (χ2v) is 5.76. The van der Waals surface area contributed by atoms with E-state index in [4.69, 9.17) is 0 Å². The number of carbonyl (C=O) groups is 1. The van der Waals surface area contributed by atoms with Crippen LogP contribution in [-0.2, 0) is 0 Å². The molecule has 5 heteroatoms. The van der Waals surface area contributed by atoms with Gasteiger partial charge in [-0.1, -0.05) is 33.1 Å². The molecular weight excluding hydrogens is 246 g/mol. The van der Waals surface area contributed by atoms with Gasteiger partial charge >= 0.3 is 6.03 Å². The molecule has 0 aromatic carbocycles. The first-order chi connectivity index (χ1) is 8.65. The molecule has 0 aliphatic heterocycles. The number of anilines is 1. The first kappa shape index (κ1) is 15.0. The molecular formula is C13H23N3OS. The summed E-state index contributed by atoms with van der Waals surface area (Å²) in [6.45, 7) is 7.08. The lowest BCUT2D eigenvalue weighted by Crippen LogP contribution is -2.32. The summed E-state index contributed by atoms with van der Waals surface area (Å²) in [5, 5.41) is 6.33. The fourth-order valence-electron chi connectivity index (χ4n) is 1.73. The van der Waals surface area contributed by atoms with Gasteiger partial charge in [0, 0.05) is 17.6 Å². The zero-order valence-corrected chi connectivity index (χ0v) is 12.3. The standard InChI is InChI=1S/C13H23N3OS/c1-4-6-7-11(5-2)9-14-12(17)16-13-15-8-10(3)18-13/h8,11H,4-7,9H2,1-3H3,(H2,14,15,16,17). The molecule has 0 spiro atoms. The van der Waals surface area contributed by atoms with Crippen LogP contribution < -0.4 is 10.6 Å². The van der Waals surface area contributed by atoms with Crippen molar-refractivity contribution in [2.45, 2.75) is 46.5 Å². The molecule has 0 saturated heterocycles. The van der Waals surface area contributed by atoms with Crippen molar-refractivity contribution in [2.75, 3.05) is 11.9 Å². The van der Waals surface area contributed by atoms with E-state index in [-0.39, 0.29) is 6.03 Å². The number of aryl methyl sites for hydroxylation is 1. The zero-order valence-electron chi connectivity index (χ0n) is 11.5. The minimum absolute atomic E-state index is 0.153. The lowest BCUT2D eigenvalue weighted by molar-refractivity contribution is 0.249. The van der Waals surface area contributed by atoms with Gasteiger partial charge in [-0.3, -0.25) is 5.32 Å². The summed E-state index contributed by atoms with van der Waals surface area (Å²) in [6, 6.07) is -0.153. The molecule has 0 aliphatic rings. The van der Waals surface area contributed by atoms with Crippen LogP contribution in [0.3, 0.4) is 0 Å². The van der Waals surface area contributed by atoms with Gasteiger partial charge in [0.15, 0.2) is 5.13 Å². The van der Waals surface area contributed by atoms with Crippen molar-refractivity contribution in [3.63, 3.8) is 0 Å². The van der Waals surface area contributed by atoms with Crippen molar-refractivity contribution in [1.82, 2.24) is 10.3 Å². The van der Waals surface area contributed by atoms with Crippen molar-refractivity contribution < 1.29 is 4.79 Å². The Bertz CT molecular complexity index is 365. The largest absolute Gasteiger partial charge is 0.338 e. The number of nitrogens with zero attached hydrogens (tertiary/aromatic N) is 1. The van der Waals surface area contributed by atoms with E-state index in [1.807, 2.05) is 6.92 Å². The first-order valence-electron chi connectivity index (χ1n) is 6.63. The summed E-state index contributed by atoms with van der Waals surface area (Å²) in [4.78, 5) is 16.9. The lowest BCUT2D eigenvalue weighted by atomic mass is 9.99. The van der Waals surface area contributed by atoms with Crippen LogP contribution in [0, 0.1) is 12.8 Å². The third-order valence-corrected chi connectivity index (χ3v) is 3.76. The Morgan fingerprint density at radius 1 is 1.50 bits per heavy atom. The highest BCUT2D eigenvalue weighted by Crippen LogP contribution is 2.16. The maximum atomic E-state index is 11.7. The summed E-state index contributed by atoms with van der Waals surface area (Å²) >= 11 is 1.49. The fourth-order valence-corrected chi connectivity index (χ4v) is 2.39. The maximum Gasteiger partial charge on any atom is 0.321 e. The lowest BCUT2D eigenvalue weighted by Gasteiger charge is -2.15. The van der Waals surface area contributed by atoms with Crippen molar-refractivity contribution >= 4 is 22.5 Å². The number of unbranched alkanes of at least 4 members (excludes halogenated alkanes) is 1. The van der Waals surface area contributed by atoms with Gasteiger partial charge in [-0.05, 0) is 19.3 Å². The average molecular weight is 269 g/mol. The number of aromatic nitrogens is 1. The van der Waals surface area contributed by atoms with Crippen molar-refractivity contribution in [1.29, 1.82) is 0 Å². The predicted octanol–water partition coefficient (Wildman–Crippen LogP) is 3.79. The Morgan fingerprint density at radius 3 is 2.83 bits per heavy atom. The van der Waals surface area contributed by atoms with Gasteiger partial charge in [0.1, 0.15) is 0 Å². The van der Waals surface area contributed by atoms with E-state index < -0.39 is 0 Å². The van der Waals surface area contributed by atoms with Gasteiger partial charge in [0.05, 0.1) is 0 Å². The second-order valence-electron chi connectivity index (χ2n) is 4.53. The van der Waals surface area contributed by atoms with Gasteiger partial charge in [-0.2, -0.15) is 0 Å². The third kappa shape index (κ3) is 5.49. The van der Waals surface area contributed by atoms with Crippen molar-refractivity contribution in [3.8, 4) is 0 Å². The monoisotopic (exact) mass is 269 g/mol. The highest BCUT2D eigenvalue weighted by molar-refractivity contribution is 7.15. The Kier molecular flexibility index (Phi) is 6.72. The van der Waals surface area contributed by atoms with Crippen LogP contribution >= 0.6 is 11.3 Å². The molecule has 1 atom stereocenters. The van der Waals surface area contributed by atoms with Crippen LogP contribution in [0.2, 0.25) is 0 Å². The summed E-state index contributed by atoms with van der Waals surface area (Å²) in [5.74, 6) is 0.578.